The third-order valence-corrected chi connectivity index (χ3v) is 5.67. The molecular weight excluding hydrogens is 376 g/mol. The first-order valence-electron chi connectivity index (χ1n) is 10.3. The fraction of sp³-hybridized carbons (Fsp3) is 0.333. The smallest absolute Gasteiger partial charge is 0.259 e. The number of benzene rings is 2. The molecule has 0 radical (unpaired) electrons. The Bertz CT molecular complexity index is 1070. The summed E-state index contributed by atoms with van der Waals surface area (Å²) in [5, 5.41) is 0. The summed E-state index contributed by atoms with van der Waals surface area (Å²) in [7, 11) is 1.66. The van der Waals surface area contributed by atoms with Crippen molar-refractivity contribution in [3.05, 3.63) is 81.8 Å². The molecule has 30 heavy (non-hydrogen) atoms. The standard InChI is InChI=1S/C24H28N4O2/c1-17(2)26-15-27(20-10-12-21(30-4)13-11-20)24-25-18(3)22(23(29)28(24)16-26)14-19-8-6-5-7-9-19/h5-13,17H,14-16H2,1-4H3. The van der Waals surface area contributed by atoms with Crippen LogP contribution in [0.2, 0.25) is 0 Å². The number of hydrogen-bond acceptors (Lipinski definition) is 5. The lowest BCUT2D eigenvalue weighted by atomic mass is 10.1. The minimum absolute atomic E-state index is 0.0326. The molecule has 0 aliphatic carbocycles. The van der Waals surface area contributed by atoms with Crippen LogP contribution in [-0.4, -0.2) is 34.3 Å². The summed E-state index contributed by atoms with van der Waals surface area (Å²) >= 11 is 0. The minimum atomic E-state index is 0.0326. The molecule has 0 spiro atoms. The molecule has 0 saturated carbocycles. The third-order valence-electron chi connectivity index (χ3n) is 5.67. The molecule has 0 unspecified atom stereocenters. The van der Waals surface area contributed by atoms with Gasteiger partial charge < -0.3 is 4.74 Å². The Morgan fingerprint density at radius 3 is 2.37 bits per heavy atom. The van der Waals surface area contributed by atoms with E-state index in [1.54, 1.807) is 11.7 Å². The number of rotatable bonds is 5. The van der Waals surface area contributed by atoms with Crippen LogP contribution in [0.25, 0.3) is 0 Å². The van der Waals surface area contributed by atoms with E-state index in [4.69, 9.17) is 9.72 Å². The molecule has 6 nitrogen and oxygen atoms in total. The molecule has 2 aromatic carbocycles. The number of nitrogens with zero attached hydrogens (tertiary/aromatic N) is 4. The average molecular weight is 405 g/mol. The van der Waals surface area contributed by atoms with Crippen LogP contribution in [0.4, 0.5) is 11.6 Å². The van der Waals surface area contributed by atoms with Crippen molar-refractivity contribution in [2.45, 2.75) is 39.9 Å². The fourth-order valence-electron chi connectivity index (χ4n) is 3.78. The molecule has 0 atom stereocenters. The first kappa shape index (κ1) is 20.2. The van der Waals surface area contributed by atoms with Gasteiger partial charge in [0.15, 0.2) is 0 Å². The molecule has 3 aromatic rings. The number of methoxy groups -OCH3 is 1. The van der Waals surface area contributed by atoms with Gasteiger partial charge in [0.1, 0.15) is 5.75 Å². The predicted molar refractivity (Wildman–Crippen MR) is 119 cm³/mol. The maximum atomic E-state index is 13.5. The summed E-state index contributed by atoms with van der Waals surface area (Å²) in [6.07, 6.45) is 0.586. The molecule has 156 valence electrons. The van der Waals surface area contributed by atoms with Crippen molar-refractivity contribution in [2.75, 3.05) is 18.7 Å². The minimum Gasteiger partial charge on any atom is -0.497 e. The Labute approximate surface area is 177 Å². The first-order valence-corrected chi connectivity index (χ1v) is 10.3. The number of hydrogen-bond donors (Lipinski definition) is 0. The molecule has 0 amide bonds. The van der Waals surface area contributed by atoms with Crippen molar-refractivity contribution in [3.8, 4) is 5.75 Å². The van der Waals surface area contributed by atoms with Crippen LogP contribution in [0.15, 0.2) is 59.4 Å². The van der Waals surface area contributed by atoms with Gasteiger partial charge in [-0.05, 0) is 50.6 Å². The highest BCUT2D eigenvalue weighted by Gasteiger charge is 2.29. The van der Waals surface area contributed by atoms with Crippen molar-refractivity contribution < 1.29 is 4.74 Å². The van der Waals surface area contributed by atoms with Gasteiger partial charge in [-0.2, -0.15) is 0 Å². The van der Waals surface area contributed by atoms with Crippen LogP contribution in [0.3, 0.4) is 0 Å². The van der Waals surface area contributed by atoms with E-state index >= 15 is 0 Å². The third kappa shape index (κ3) is 3.83. The molecule has 6 heteroatoms. The van der Waals surface area contributed by atoms with Gasteiger partial charge in [0, 0.05) is 23.7 Å². The molecule has 0 bridgehead atoms. The Hall–Kier alpha value is -3.12. The van der Waals surface area contributed by atoms with Gasteiger partial charge in [0.2, 0.25) is 5.95 Å². The van der Waals surface area contributed by atoms with E-state index in [2.05, 4.69) is 23.6 Å². The zero-order valence-electron chi connectivity index (χ0n) is 18.0. The summed E-state index contributed by atoms with van der Waals surface area (Å²) in [5.74, 6) is 1.49. The van der Waals surface area contributed by atoms with Gasteiger partial charge in [0.05, 0.1) is 26.1 Å². The lowest BCUT2D eigenvalue weighted by molar-refractivity contribution is 0.156. The monoisotopic (exact) mass is 404 g/mol. The number of aromatic nitrogens is 2. The molecule has 1 aliphatic heterocycles. The van der Waals surface area contributed by atoms with E-state index in [1.807, 2.05) is 61.5 Å². The number of ether oxygens (including phenoxy) is 1. The predicted octanol–water partition coefficient (Wildman–Crippen LogP) is 3.93. The number of fused-ring (bicyclic) bond motifs is 1. The molecule has 1 aliphatic rings. The van der Waals surface area contributed by atoms with E-state index in [-0.39, 0.29) is 5.56 Å². The fourth-order valence-corrected chi connectivity index (χ4v) is 3.78. The zero-order valence-corrected chi connectivity index (χ0v) is 18.0. The van der Waals surface area contributed by atoms with Crippen LogP contribution in [0.5, 0.6) is 5.75 Å². The average Bonchev–Trinajstić information content (AvgIpc) is 2.77. The normalized spacial score (nSPS) is 14.1. The van der Waals surface area contributed by atoms with Gasteiger partial charge in [-0.3, -0.25) is 19.2 Å². The molecule has 0 fully saturated rings. The second-order valence-electron chi connectivity index (χ2n) is 7.96. The molecule has 2 heterocycles. The lowest BCUT2D eigenvalue weighted by Crippen LogP contribution is -2.50. The van der Waals surface area contributed by atoms with Crippen LogP contribution < -0.4 is 15.2 Å². The van der Waals surface area contributed by atoms with E-state index in [1.165, 1.54) is 0 Å². The van der Waals surface area contributed by atoms with Gasteiger partial charge in [0.25, 0.3) is 5.56 Å². The van der Waals surface area contributed by atoms with Crippen LogP contribution in [0, 0.1) is 6.92 Å². The first-order chi connectivity index (χ1) is 14.5. The highest BCUT2D eigenvalue weighted by molar-refractivity contribution is 5.59. The maximum Gasteiger partial charge on any atom is 0.259 e. The van der Waals surface area contributed by atoms with Crippen LogP contribution >= 0.6 is 0 Å². The van der Waals surface area contributed by atoms with Gasteiger partial charge in [-0.1, -0.05) is 30.3 Å². The SMILES string of the molecule is COc1ccc(N2CN(C(C)C)Cn3c2nc(C)c(Cc2ccccc2)c3=O)cc1. The molecule has 0 saturated heterocycles. The Morgan fingerprint density at radius 1 is 1.03 bits per heavy atom. The Balaban J connectivity index is 1.80. The summed E-state index contributed by atoms with van der Waals surface area (Å²) < 4.78 is 7.10. The van der Waals surface area contributed by atoms with Crippen LogP contribution in [-0.2, 0) is 13.1 Å². The van der Waals surface area contributed by atoms with Crippen molar-refractivity contribution in [1.82, 2.24) is 14.5 Å². The van der Waals surface area contributed by atoms with Crippen LogP contribution in [0.1, 0.15) is 30.7 Å². The second kappa shape index (κ2) is 8.32. The summed E-state index contributed by atoms with van der Waals surface area (Å²) in [4.78, 5) is 22.8. The van der Waals surface area contributed by atoms with Crippen molar-refractivity contribution >= 4 is 11.6 Å². The van der Waals surface area contributed by atoms with E-state index in [0.717, 1.165) is 28.3 Å². The van der Waals surface area contributed by atoms with Gasteiger partial charge in [-0.25, -0.2) is 4.98 Å². The van der Waals surface area contributed by atoms with Gasteiger partial charge >= 0.3 is 0 Å². The van der Waals surface area contributed by atoms with Crippen molar-refractivity contribution in [3.63, 3.8) is 0 Å². The second-order valence-corrected chi connectivity index (χ2v) is 7.96. The summed E-state index contributed by atoms with van der Waals surface area (Å²) in [5.41, 5.74) is 3.67. The zero-order chi connectivity index (χ0) is 21.3. The number of anilines is 2. The van der Waals surface area contributed by atoms with E-state index in [9.17, 15) is 4.79 Å². The quantitative estimate of drug-likeness (QED) is 0.645. The Kier molecular flexibility index (Phi) is 5.59. The lowest BCUT2D eigenvalue weighted by Gasteiger charge is -2.40. The Morgan fingerprint density at radius 2 is 1.73 bits per heavy atom. The van der Waals surface area contributed by atoms with E-state index < -0.39 is 0 Å². The summed E-state index contributed by atoms with van der Waals surface area (Å²) in [6, 6.07) is 18.3. The largest absolute Gasteiger partial charge is 0.497 e. The van der Waals surface area contributed by atoms with E-state index in [0.29, 0.717) is 31.7 Å². The maximum absolute atomic E-state index is 13.5. The molecule has 4 rings (SSSR count). The molecule has 1 aromatic heterocycles. The van der Waals surface area contributed by atoms with Crippen molar-refractivity contribution in [1.29, 1.82) is 0 Å². The topological polar surface area (TPSA) is 50.6 Å². The number of aryl methyl sites for hydroxylation is 1. The summed E-state index contributed by atoms with van der Waals surface area (Å²) in [6.45, 7) is 7.44. The van der Waals surface area contributed by atoms with Crippen molar-refractivity contribution in [2.24, 2.45) is 0 Å². The molecular formula is C24H28N4O2. The highest BCUT2D eigenvalue weighted by Crippen LogP contribution is 2.30. The highest BCUT2D eigenvalue weighted by atomic mass is 16.5. The molecule has 0 N–H and O–H groups in total. The van der Waals surface area contributed by atoms with Gasteiger partial charge in [-0.15, -0.1) is 0 Å².